The summed E-state index contributed by atoms with van der Waals surface area (Å²) in [5.74, 6) is 0.217. The second-order valence-corrected chi connectivity index (χ2v) is 11.3. The Balaban J connectivity index is 1.36. The summed E-state index contributed by atoms with van der Waals surface area (Å²) in [6.45, 7) is 5.13. The van der Waals surface area contributed by atoms with E-state index in [1.54, 1.807) is 10.7 Å². The summed E-state index contributed by atoms with van der Waals surface area (Å²) in [5, 5.41) is 8.33. The number of para-hydroxylation sites is 2. The molecule has 212 valence electrons. The van der Waals surface area contributed by atoms with E-state index in [-0.39, 0.29) is 23.8 Å². The van der Waals surface area contributed by atoms with Crippen molar-refractivity contribution in [2.24, 2.45) is 0 Å². The Kier molecular flexibility index (Phi) is 6.35. The number of hydrogen-bond acceptors (Lipinski definition) is 11. The molecule has 0 atom stereocenters. The van der Waals surface area contributed by atoms with Gasteiger partial charge in [0.1, 0.15) is 29.0 Å². The molecule has 1 saturated heterocycles. The van der Waals surface area contributed by atoms with Crippen LogP contribution < -0.4 is 16.0 Å². The van der Waals surface area contributed by atoms with E-state index in [1.807, 2.05) is 24.3 Å². The molecule has 0 radical (unpaired) electrons. The number of piperazine rings is 1. The predicted molar refractivity (Wildman–Crippen MR) is 161 cm³/mol. The Morgan fingerprint density at radius 3 is 2.60 bits per heavy atom. The number of thiazole rings is 1. The van der Waals surface area contributed by atoms with Crippen LogP contribution in [-0.4, -0.2) is 78.7 Å². The monoisotopic (exact) mass is 583 g/mol. The molecule has 2 aromatic carbocycles. The molecule has 0 saturated carbocycles. The summed E-state index contributed by atoms with van der Waals surface area (Å²) in [6, 6.07) is 10.9. The van der Waals surface area contributed by atoms with Crippen LogP contribution in [0.1, 0.15) is 12.6 Å². The van der Waals surface area contributed by atoms with Crippen LogP contribution in [0.3, 0.4) is 0 Å². The first-order valence-electron chi connectivity index (χ1n) is 13.4. The molecule has 1 aliphatic rings. The number of benzene rings is 2. The second-order valence-electron chi connectivity index (χ2n) is 10.2. The van der Waals surface area contributed by atoms with Crippen molar-refractivity contribution in [1.29, 1.82) is 0 Å². The number of nitrogens with one attached hydrogen (secondary N) is 1. The van der Waals surface area contributed by atoms with E-state index >= 15 is 4.39 Å². The zero-order valence-corrected chi connectivity index (χ0v) is 23.7. The van der Waals surface area contributed by atoms with Gasteiger partial charge in [-0.1, -0.05) is 23.5 Å². The maximum Gasteiger partial charge on any atom is 0.223 e. The van der Waals surface area contributed by atoms with Crippen LogP contribution in [-0.2, 0) is 11.3 Å². The molecule has 0 aliphatic carbocycles. The molecule has 6 aromatic rings. The van der Waals surface area contributed by atoms with Gasteiger partial charge in [-0.05, 0) is 31.3 Å². The normalized spacial score (nSPS) is 14.3. The molecule has 0 spiro atoms. The number of nitrogens with zero attached hydrogens (tertiary/aromatic N) is 9. The first-order valence-corrected chi connectivity index (χ1v) is 14.2. The number of hydrogen-bond donors (Lipinski definition) is 2. The number of anilines is 3. The van der Waals surface area contributed by atoms with Gasteiger partial charge >= 0.3 is 0 Å². The van der Waals surface area contributed by atoms with Gasteiger partial charge in [0.25, 0.3) is 0 Å². The van der Waals surface area contributed by atoms with Crippen molar-refractivity contribution in [3.8, 4) is 11.3 Å². The predicted octanol–water partition coefficient (Wildman–Crippen LogP) is 3.53. The molecule has 12 nitrogen and oxygen atoms in total. The standard InChI is InChI=1S/C28H26FN11OS/c1-15(41)33-28-36-24-17(29)11-16(12-21(24)42-28)23-22-25(30)31-14-32-27(22)40(37-23)13-20-26(39-9-7-38(2)8-10-39)35-19-6-4-3-5-18(19)34-20/h3-6,11-12,14H,7-10,13H2,1-2H3,(H2,30,31,32)(H,33,36,41). The maximum atomic E-state index is 15.3. The second kappa shape index (κ2) is 10.2. The van der Waals surface area contributed by atoms with Gasteiger partial charge in [0.2, 0.25) is 5.91 Å². The molecular formula is C28H26FN11OS. The topological polar surface area (TPSA) is 144 Å². The number of amides is 1. The molecule has 0 bridgehead atoms. The lowest BCUT2D eigenvalue weighted by Crippen LogP contribution is -2.45. The quantitative estimate of drug-likeness (QED) is 0.309. The van der Waals surface area contributed by atoms with Gasteiger partial charge in [0, 0.05) is 38.7 Å². The Hall–Kier alpha value is -4.82. The van der Waals surface area contributed by atoms with Crippen molar-refractivity contribution in [3.63, 3.8) is 0 Å². The van der Waals surface area contributed by atoms with Crippen LogP contribution in [0.2, 0.25) is 0 Å². The Bertz CT molecular complexity index is 2000. The van der Waals surface area contributed by atoms with Gasteiger partial charge in [-0.15, -0.1) is 0 Å². The Morgan fingerprint density at radius 2 is 1.83 bits per heavy atom. The van der Waals surface area contributed by atoms with E-state index in [9.17, 15) is 4.79 Å². The average molecular weight is 584 g/mol. The van der Waals surface area contributed by atoms with Gasteiger partial charge in [0.15, 0.2) is 22.4 Å². The SMILES string of the molecule is CC(=O)Nc1nc2c(F)cc(-c3nn(Cc4nc5ccccc5nc4N4CCN(C)CC4)c4ncnc(N)c34)cc2s1. The van der Waals surface area contributed by atoms with Crippen LogP contribution in [0.4, 0.5) is 21.2 Å². The molecule has 1 aliphatic heterocycles. The lowest BCUT2D eigenvalue weighted by atomic mass is 10.1. The summed E-state index contributed by atoms with van der Waals surface area (Å²) in [5.41, 5.74) is 10.3. The number of rotatable bonds is 5. The molecule has 42 heavy (non-hydrogen) atoms. The lowest BCUT2D eigenvalue weighted by Gasteiger charge is -2.34. The van der Waals surface area contributed by atoms with E-state index in [0.29, 0.717) is 32.1 Å². The summed E-state index contributed by atoms with van der Waals surface area (Å²) in [4.78, 5) is 39.0. The Labute approximate surface area is 243 Å². The van der Waals surface area contributed by atoms with Gasteiger partial charge in [-0.3, -0.25) is 4.79 Å². The van der Waals surface area contributed by atoms with Gasteiger partial charge in [-0.2, -0.15) is 5.10 Å². The van der Waals surface area contributed by atoms with Crippen LogP contribution in [0.15, 0.2) is 42.7 Å². The van der Waals surface area contributed by atoms with Crippen molar-refractivity contribution < 1.29 is 9.18 Å². The number of nitrogen functional groups attached to an aromatic ring is 1. The van der Waals surface area contributed by atoms with E-state index < -0.39 is 5.82 Å². The molecule has 7 rings (SSSR count). The first-order chi connectivity index (χ1) is 20.3. The van der Waals surface area contributed by atoms with Crippen molar-refractivity contribution in [3.05, 3.63) is 54.2 Å². The molecule has 4 aromatic heterocycles. The minimum absolute atomic E-state index is 0.170. The largest absolute Gasteiger partial charge is 0.383 e. The van der Waals surface area contributed by atoms with Crippen molar-refractivity contribution in [2.75, 3.05) is 49.2 Å². The number of likely N-dealkylation sites (N-methyl/N-ethyl adjacent to an activating group) is 1. The van der Waals surface area contributed by atoms with E-state index in [2.05, 4.69) is 37.1 Å². The third kappa shape index (κ3) is 4.63. The highest BCUT2D eigenvalue weighted by atomic mass is 32.1. The fraction of sp³-hybridized carbons (Fsp3) is 0.250. The van der Waals surface area contributed by atoms with Crippen molar-refractivity contribution in [1.82, 2.24) is 39.6 Å². The number of nitrogens with two attached hydrogens (primary N) is 1. The molecule has 5 heterocycles. The molecule has 14 heteroatoms. The number of halogens is 1. The minimum atomic E-state index is -0.536. The van der Waals surface area contributed by atoms with E-state index in [1.165, 1.54) is 30.7 Å². The highest BCUT2D eigenvalue weighted by Gasteiger charge is 2.24. The van der Waals surface area contributed by atoms with Crippen LogP contribution in [0.5, 0.6) is 0 Å². The summed E-state index contributed by atoms with van der Waals surface area (Å²) in [6.07, 6.45) is 1.39. The van der Waals surface area contributed by atoms with Crippen LogP contribution >= 0.6 is 11.3 Å². The smallest absolute Gasteiger partial charge is 0.223 e. The Morgan fingerprint density at radius 1 is 1.07 bits per heavy atom. The van der Waals surface area contributed by atoms with Crippen LogP contribution in [0.25, 0.3) is 43.5 Å². The molecule has 3 N–H and O–H groups in total. The van der Waals surface area contributed by atoms with Crippen molar-refractivity contribution >= 4 is 66.3 Å². The number of carbonyl (C=O) groups excluding carboxylic acids is 1. The third-order valence-corrected chi connectivity index (χ3v) is 8.21. The van der Waals surface area contributed by atoms with Crippen LogP contribution in [0, 0.1) is 5.82 Å². The summed E-state index contributed by atoms with van der Waals surface area (Å²) < 4.78 is 17.6. The third-order valence-electron chi connectivity index (χ3n) is 7.29. The summed E-state index contributed by atoms with van der Waals surface area (Å²) >= 11 is 1.18. The number of aromatic nitrogens is 7. The summed E-state index contributed by atoms with van der Waals surface area (Å²) in [7, 11) is 2.11. The zero-order valence-electron chi connectivity index (χ0n) is 22.9. The highest BCUT2D eigenvalue weighted by molar-refractivity contribution is 7.22. The highest BCUT2D eigenvalue weighted by Crippen LogP contribution is 2.36. The molecule has 1 amide bonds. The lowest BCUT2D eigenvalue weighted by molar-refractivity contribution is -0.114. The average Bonchev–Trinajstić information content (AvgIpc) is 3.55. The zero-order chi connectivity index (χ0) is 29.0. The molecular weight excluding hydrogens is 557 g/mol. The fourth-order valence-corrected chi connectivity index (χ4v) is 6.18. The number of carbonyl (C=O) groups is 1. The number of fused-ring (bicyclic) bond motifs is 3. The first kappa shape index (κ1) is 26.1. The van der Waals surface area contributed by atoms with Gasteiger partial charge in [-0.25, -0.2) is 34.0 Å². The van der Waals surface area contributed by atoms with Crippen molar-refractivity contribution in [2.45, 2.75) is 13.5 Å². The molecule has 0 unspecified atom stereocenters. The van der Waals surface area contributed by atoms with Gasteiger partial charge < -0.3 is 20.9 Å². The maximum absolute atomic E-state index is 15.3. The van der Waals surface area contributed by atoms with E-state index in [0.717, 1.165) is 48.7 Å². The fourth-order valence-electron chi connectivity index (χ4n) is 5.22. The minimum Gasteiger partial charge on any atom is -0.383 e. The van der Waals surface area contributed by atoms with Gasteiger partial charge in [0.05, 0.1) is 27.7 Å². The molecule has 1 fully saturated rings. The van der Waals surface area contributed by atoms with E-state index in [4.69, 9.17) is 20.8 Å².